The zero-order valence-electron chi connectivity index (χ0n) is 12.0. The van der Waals surface area contributed by atoms with Crippen molar-refractivity contribution in [1.29, 1.82) is 0 Å². The maximum Gasteiger partial charge on any atom is 0.218 e. The first-order valence-corrected chi connectivity index (χ1v) is 7.44. The number of hydrogen-bond acceptors (Lipinski definition) is 3. The van der Waals surface area contributed by atoms with Crippen molar-refractivity contribution in [2.75, 3.05) is 18.0 Å². The second kappa shape index (κ2) is 5.41. The van der Waals surface area contributed by atoms with Crippen LogP contribution in [0, 0.1) is 0 Å². The second-order valence-corrected chi connectivity index (χ2v) is 5.26. The fraction of sp³-hybridized carbons (Fsp3) is 0.235. The van der Waals surface area contributed by atoms with E-state index < -0.39 is 0 Å². The summed E-state index contributed by atoms with van der Waals surface area (Å²) in [6.45, 7) is 5.48. The van der Waals surface area contributed by atoms with E-state index in [1.54, 1.807) is 0 Å². The van der Waals surface area contributed by atoms with Gasteiger partial charge in [0.25, 0.3) is 0 Å². The van der Waals surface area contributed by atoms with Gasteiger partial charge in [-0.15, -0.1) is 0 Å². The summed E-state index contributed by atoms with van der Waals surface area (Å²) in [7, 11) is 0. The average molecular weight is 302 g/mol. The molecule has 0 saturated heterocycles. The molecule has 0 aliphatic heterocycles. The number of nitrogens with zero attached hydrogens (tertiary/aromatic N) is 1. The normalized spacial score (nSPS) is 11.2. The molecule has 0 radical (unpaired) electrons. The maximum atomic E-state index is 12.7. The maximum absolute atomic E-state index is 12.7. The van der Waals surface area contributed by atoms with Gasteiger partial charge in [-0.25, -0.2) is 0 Å². The number of benzene rings is 2. The Morgan fingerprint density at radius 2 is 1.81 bits per heavy atom. The van der Waals surface area contributed by atoms with Gasteiger partial charge in [-0.2, -0.15) is 0 Å². The molecule has 1 heterocycles. The first-order chi connectivity index (χ1) is 10.2. The molecule has 3 aromatic rings. The first kappa shape index (κ1) is 14.0. The van der Waals surface area contributed by atoms with Crippen LogP contribution in [-0.2, 0) is 0 Å². The molecule has 0 N–H and O–H groups in total. The van der Waals surface area contributed by atoms with Crippen LogP contribution in [0.2, 0.25) is 5.02 Å². The monoisotopic (exact) mass is 301 g/mol. The molecule has 0 spiro atoms. The smallest absolute Gasteiger partial charge is 0.218 e. The number of hydrogen-bond donors (Lipinski definition) is 0. The Hall–Kier alpha value is -2.00. The van der Waals surface area contributed by atoms with Gasteiger partial charge in [-0.1, -0.05) is 41.9 Å². The van der Waals surface area contributed by atoms with Crippen LogP contribution in [0.5, 0.6) is 0 Å². The molecule has 0 saturated carbocycles. The summed E-state index contributed by atoms with van der Waals surface area (Å²) < 4.78 is 5.92. The van der Waals surface area contributed by atoms with E-state index in [1.165, 1.54) is 0 Å². The van der Waals surface area contributed by atoms with Crippen molar-refractivity contribution < 1.29 is 4.42 Å². The van der Waals surface area contributed by atoms with Crippen molar-refractivity contribution in [2.24, 2.45) is 0 Å². The molecule has 0 atom stereocenters. The van der Waals surface area contributed by atoms with Crippen molar-refractivity contribution in [1.82, 2.24) is 0 Å². The minimum atomic E-state index is -0.170. The lowest BCUT2D eigenvalue weighted by Gasteiger charge is -2.20. The Balaban J connectivity index is 2.42. The Labute approximate surface area is 127 Å². The zero-order valence-corrected chi connectivity index (χ0v) is 12.8. The second-order valence-electron chi connectivity index (χ2n) is 4.88. The van der Waals surface area contributed by atoms with Crippen molar-refractivity contribution in [2.45, 2.75) is 13.8 Å². The van der Waals surface area contributed by atoms with Crippen LogP contribution in [0.4, 0.5) is 5.88 Å². The molecule has 0 bridgehead atoms. The van der Waals surface area contributed by atoms with Crippen LogP contribution in [0.1, 0.15) is 13.8 Å². The highest BCUT2D eigenvalue weighted by atomic mass is 35.5. The molecule has 1 aromatic heterocycles. The van der Waals surface area contributed by atoms with Gasteiger partial charge >= 0.3 is 0 Å². The number of fused-ring (bicyclic) bond motifs is 3. The Bertz CT molecular complexity index is 866. The summed E-state index contributed by atoms with van der Waals surface area (Å²) in [5.41, 5.74) is 0.404. The Kier molecular flexibility index (Phi) is 3.60. The van der Waals surface area contributed by atoms with Gasteiger partial charge in [0, 0.05) is 13.1 Å². The average Bonchev–Trinajstić information content (AvgIpc) is 2.52. The van der Waals surface area contributed by atoms with Crippen LogP contribution in [0.15, 0.2) is 45.6 Å². The molecule has 108 valence electrons. The fourth-order valence-electron chi connectivity index (χ4n) is 2.64. The standard InChI is InChI=1S/C17H16ClNO2/c1-3-19(4-2)17-15(18)16(20)14-12-8-6-5-7-11(12)9-10-13(14)21-17/h5-10H,3-4H2,1-2H3. The van der Waals surface area contributed by atoms with E-state index in [1.807, 2.05) is 55.1 Å². The molecule has 4 heteroatoms. The van der Waals surface area contributed by atoms with Crippen molar-refractivity contribution in [3.05, 3.63) is 51.6 Å². The Morgan fingerprint density at radius 1 is 1.10 bits per heavy atom. The first-order valence-electron chi connectivity index (χ1n) is 7.06. The predicted molar refractivity (Wildman–Crippen MR) is 88.6 cm³/mol. The van der Waals surface area contributed by atoms with Crippen LogP contribution in [-0.4, -0.2) is 13.1 Å². The highest BCUT2D eigenvalue weighted by Gasteiger charge is 2.18. The highest BCUT2D eigenvalue weighted by Crippen LogP contribution is 2.30. The lowest BCUT2D eigenvalue weighted by Crippen LogP contribution is -2.24. The van der Waals surface area contributed by atoms with E-state index in [9.17, 15) is 4.79 Å². The molecule has 2 aromatic carbocycles. The van der Waals surface area contributed by atoms with Crippen LogP contribution in [0.3, 0.4) is 0 Å². The fourth-order valence-corrected chi connectivity index (χ4v) is 2.89. The predicted octanol–water partition coefficient (Wildman–Crippen LogP) is 4.45. The van der Waals surface area contributed by atoms with Gasteiger partial charge in [-0.05, 0) is 30.7 Å². The van der Waals surface area contributed by atoms with Gasteiger partial charge in [-0.3, -0.25) is 4.79 Å². The van der Waals surface area contributed by atoms with Gasteiger partial charge in [0.15, 0.2) is 0 Å². The topological polar surface area (TPSA) is 33.5 Å². The third kappa shape index (κ3) is 2.18. The number of halogens is 1. The van der Waals surface area contributed by atoms with Gasteiger partial charge in [0.1, 0.15) is 10.6 Å². The number of anilines is 1. The van der Waals surface area contributed by atoms with E-state index in [0.29, 0.717) is 16.9 Å². The van der Waals surface area contributed by atoms with E-state index in [4.69, 9.17) is 16.0 Å². The zero-order chi connectivity index (χ0) is 15.0. The largest absolute Gasteiger partial charge is 0.439 e. The molecule has 0 unspecified atom stereocenters. The van der Waals surface area contributed by atoms with Crippen LogP contribution in [0.25, 0.3) is 21.7 Å². The van der Waals surface area contributed by atoms with Crippen molar-refractivity contribution in [3.8, 4) is 0 Å². The SMILES string of the molecule is CCN(CC)c1oc2ccc3ccccc3c2c(=O)c1Cl. The van der Waals surface area contributed by atoms with E-state index in [0.717, 1.165) is 23.9 Å². The summed E-state index contributed by atoms with van der Waals surface area (Å²) in [6, 6.07) is 11.5. The summed E-state index contributed by atoms with van der Waals surface area (Å²) in [5.74, 6) is 0.453. The third-order valence-electron chi connectivity index (χ3n) is 3.76. The van der Waals surface area contributed by atoms with E-state index in [2.05, 4.69) is 0 Å². The van der Waals surface area contributed by atoms with Crippen molar-refractivity contribution in [3.63, 3.8) is 0 Å². The molecule has 0 fully saturated rings. The van der Waals surface area contributed by atoms with Crippen molar-refractivity contribution >= 4 is 39.2 Å². The molecule has 21 heavy (non-hydrogen) atoms. The lowest BCUT2D eigenvalue weighted by atomic mass is 10.1. The lowest BCUT2D eigenvalue weighted by molar-refractivity contribution is 0.578. The molecule has 0 aliphatic carbocycles. The molecule has 0 amide bonds. The van der Waals surface area contributed by atoms with Gasteiger partial charge in [0.05, 0.1) is 5.39 Å². The van der Waals surface area contributed by atoms with Crippen LogP contribution < -0.4 is 10.3 Å². The van der Waals surface area contributed by atoms with E-state index in [-0.39, 0.29) is 10.5 Å². The summed E-state index contributed by atoms with van der Waals surface area (Å²) in [6.07, 6.45) is 0. The third-order valence-corrected chi connectivity index (χ3v) is 4.10. The van der Waals surface area contributed by atoms with E-state index >= 15 is 0 Å². The highest BCUT2D eigenvalue weighted by molar-refractivity contribution is 6.33. The molecule has 3 nitrogen and oxygen atoms in total. The molecule has 3 rings (SSSR count). The molecule has 0 aliphatic rings. The molecular weight excluding hydrogens is 286 g/mol. The summed E-state index contributed by atoms with van der Waals surface area (Å²) >= 11 is 6.28. The van der Waals surface area contributed by atoms with Crippen LogP contribution >= 0.6 is 11.6 Å². The number of rotatable bonds is 3. The minimum Gasteiger partial charge on any atom is -0.439 e. The quantitative estimate of drug-likeness (QED) is 0.670. The Morgan fingerprint density at radius 3 is 2.52 bits per heavy atom. The van der Waals surface area contributed by atoms with Gasteiger partial charge in [0.2, 0.25) is 11.3 Å². The summed E-state index contributed by atoms with van der Waals surface area (Å²) in [5, 5.41) is 2.58. The molecular formula is C17H16ClNO2. The summed E-state index contributed by atoms with van der Waals surface area (Å²) in [4.78, 5) is 14.6. The minimum absolute atomic E-state index is 0.155. The van der Waals surface area contributed by atoms with Gasteiger partial charge < -0.3 is 9.32 Å².